The Balaban J connectivity index is 2.37. The number of nitrogens with one attached hydrogen (secondary N) is 1. The molecule has 2 aromatic rings. The second kappa shape index (κ2) is 6.13. The Hall–Kier alpha value is -1.76. The van der Waals surface area contributed by atoms with E-state index in [9.17, 15) is 4.79 Å². The van der Waals surface area contributed by atoms with E-state index in [2.05, 4.69) is 10.5 Å². The molecule has 0 fully saturated rings. The summed E-state index contributed by atoms with van der Waals surface area (Å²) in [5.74, 6) is 5.76. The molecule has 0 atom stereocenters. The van der Waals surface area contributed by atoms with E-state index in [0.717, 1.165) is 0 Å². The molecule has 0 radical (unpaired) electrons. The summed E-state index contributed by atoms with van der Waals surface area (Å²) in [7, 11) is 0. The molecule has 0 spiro atoms. The third-order valence-corrected chi connectivity index (χ3v) is 3.07. The lowest BCUT2D eigenvalue weighted by Gasteiger charge is -2.11. The third-order valence-electron chi connectivity index (χ3n) is 2.51. The highest BCUT2D eigenvalue weighted by Gasteiger charge is 2.12. The van der Waals surface area contributed by atoms with Crippen LogP contribution in [0.4, 0.5) is 5.69 Å². The molecule has 106 valence electrons. The molecule has 0 saturated heterocycles. The van der Waals surface area contributed by atoms with Gasteiger partial charge in [-0.05, 0) is 19.1 Å². The number of aromatic nitrogens is 2. The Morgan fingerprint density at radius 2 is 2.00 bits per heavy atom. The van der Waals surface area contributed by atoms with Crippen LogP contribution in [0.3, 0.4) is 0 Å². The Labute approximate surface area is 125 Å². The SMILES string of the molecule is CCn1nc(Oc2c(Cl)cc(NN)cc2Cl)ccc1=O. The van der Waals surface area contributed by atoms with Gasteiger partial charge in [0.05, 0.1) is 15.7 Å². The van der Waals surface area contributed by atoms with Crippen molar-refractivity contribution in [2.45, 2.75) is 13.5 Å². The van der Waals surface area contributed by atoms with Gasteiger partial charge in [-0.1, -0.05) is 23.2 Å². The van der Waals surface area contributed by atoms with Crippen molar-refractivity contribution in [3.8, 4) is 11.6 Å². The normalized spacial score (nSPS) is 10.4. The molecule has 2 rings (SSSR count). The van der Waals surface area contributed by atoms with Crippen molar-refractivity contribution < 1.29 is 4.74 Å². The fourth-order valence-corrected chi connectivity index (χ4v) is 2.12. The Morgan fingerprint density at radius 3 is 2.55 bits per heavy atom. The van der Waals surface area contributed by atoms with Crippen LogP contribution >= 0.6 is 23.2 Å². The Kier molecular flexibility index (Phi) is 4.49. The first-order valence-corrected chi connectivity index (χ1v) is 6.52. The summed E-state index contributed by atoms with van der Waals surface area (Å²) >= 11 is 12.1. The van der Waals surface area contributed by atoms with Gasteiger partial charge in [-0.15, -0.1) is 5.10 Å². The minimum absolute atomic E-state index is 0.209. The highest BCUT2D eigenvalue weighted by atomic mass is 35.5. The predicted molar refractivity (Wildman–Crippen MR) is 78.5 cm³/mol. The smallest absolute Gasteiger partial charge is 0.266 e. The van der Waals surface area contributed by atoms with E-state index < -0.39 is 0 Å². The zero-order valence-corrected chi connectivity index (χ0v) is 12.1. The largest absolute Gasteiger partial charge is 0.434 e. The van der Waals surface area contributed by atoms with Gasteiger partial charge in [0.2, 0.25) is 5.88 Å². The zero-order valence-electron chi connectivity index (χ0n) is 10.6. The standard InChI is InChI=1S/C12H12Cl2N4O2/c1-2-18-11(19)4-3-10(17-18)20-12-8(13)5-7(16-15)6-9(12)14/h3-6,16H,2,15H2,1H3. The maximum atomic E-state index is 11.4. The molecule has 0 unspecified atom stereocenters. The monoisotopic (exact) mass is 314 g/mol. The van der Waals surface area contributed by atoms with E-state index in [1.807, 2.05) is 0 Å². The van der Waals surface area contributed by atoms with Crippen molar-refractivity contribution in [1.29, 1.82) is 0 Å². The summed E-state index contributed by atoms with van der Waals surface area (Å²) < 4.78 is 6.80. The number of halogens is 2. The van der Waals surface area contributed by atoms with Gasteiger partial charge in [0.1, 0.15) is 0 Å². The number of rotatable bonds is 4. The number of ether oxygens (including phenoxy) is 1. The molecular weight excluding hydrogens is 303 g/mol. The van der Waals surface area contributed by atoms with Crippen LogP contribution < -0.4 is 21.6 Å². The van der Waals surface area contributed by atoms with Gasteiger partial charge in [-0.2, -0.15) is 0 Å². The van der Waals surface area contributed by atoms with Crippen LogP contribution in [0, 0.1) is 0 Å². The van der Waals surface area contributed by atoms with Gasteiger partial charge in [-0.3, -0.25) is 10.6 Å². The minimum atomic E-state index is -0.209. The number of hydrogen-bond acceptors (Lipinski definition) is 5. The van der Waals surface area contributed by atoms with Crippen molar-refractivity contribution in [1.82, 2.24) is 9.78 Å². The van der Waals surface area contributed by atoms with Gasteiger partial charge in [0, 0.05) is 18.7 Å². The summed E-state index contributed by atoms with van der Waals surface area (Å²) in [6.07, 6.45) is 0. The van der Waals surface area contributed by atoms with E-state index in [-0.39, 0.29) is 27.2 Å². The maximum absolute atomic E-state index is 11.4. The number of nitrogens with zero attached hydrogens (tertiary/aromatic N) is 2. The second-order valence-electron chi connectivity index (χ2n) is 3.84. The maximum Gasteiger partial charge on any atom is 0.266 e. The summed E-state index contributed by atoms with van der Waals surface area (Å²) in [6.45, 7) is 2.24. The van der Waals surface area contributed by atoms with Crippen LogP contribution in [0.15, 0.2) is 29.1 Å². The van der Waals surface area contributed by atoms with Crippen LogP contribution in [0.2, 0.25) is 10.0 Å². The van der Waals surface area contributed by atoms with Gasteiger partial charge in [0.15, 0.2) is 5.75 Å². The van der Waals surface area contributed by atoms with Gasteiger partial charge >= 0.3 is 0 Å². The number of hydrogen-bond donors (Lipinski definition) is 2. The van der Waals surface area contributed by atoms with Gasteiger partial charge < -0.3 is 10.2 Å². The van der Waals surface area contributed by atoms with Gasteiger partial charge in [-0.25, -0.2) is 4.68 Å². The van der Waals surface area contributed by atoms with Crippen molar-refractivity contribution in [3.63, 3.8) is 0 Å². The van der Waals surface area contributed by atoms with Crippen molar-refractivity contribution >= 4 is 28.9 Å². The van der Waals surface area contributed by atoms with Crippen LogP contribution in [0.5, 0.6) is 11.6 Å². The topological polar surface area (TPSA) is 82.2 Å². The third kappa shape index (κ3) is 3.04. The molecule has 0 aliphatic heterocycles. The molecule has 1 aromatic heterocycles. The Morgan fingerprint density at radius 1 is 1.35 bits per heavy atom. The number of benzene rings is 1. The first-order chi connectivity index (χ1) is 9.55. The van der Waals surface area contributed by atoms with Crippen LogP contribution in [-0.4, -0.2) is 9.78 Å². The fraction of sp³-hybridized carbons (Fsp3) is 0.167. The lowest BCUT2D eigenvalue weighted by atomic mass is 10.3. The molecule has 0 aliphatic carbocycles. The first kappa shape index (κ1) is 14.6. The molecule has 8 heteroatoms. The number of hydrazine groups is 1. The second-order valence-corrected chi connectivity index (χ2v) is 4.66. The molecule has 1 heterocycles. The average molecular weight is 315 g/mol. The van der Waals surface area contributed by atoms with E-state index in [0.29, 0.717) is 12.2 Å². The quantitative estimate of drug-likeness (QED) is 0.669. The lowest BCUT2D eigenvalue weighted by molar-refractivity contribution is 0.432. The summed E-state index contributed by atoms with van der Waals surface area (Å²) in [5.41, 5.74) is 2.79. The number of anilines is 1. The molecule has 1 aromatic carbocycles. The van der Waals surface area contributed by atoms with Crippen molar-refractivity contribution in [2.24, 2.45) is 5.84 Å². The van der Waals surface area contributed by atoms with Crippen LogP contribution in [-0.2, 0) is 6.54 Å². The molecule has 0 saturated carbocycles. The summed E-state index contributed by atoms with van der Waals surface area (Å²) in [6, 6.07) is 5.96. The molecule has 6 nitrogen and oxygen atoms in total. The molecule has 0 bridgehead atoms. The highest BCUT2D eigenvalue weighted by Crippen LogP contribution is 2.37. The fourth-order valence-electron chi connectivity index (χ4n) is 1.56. The van der Waals surface area contributed by atoms with Crippen LogP contribution in [0.1, 0.15) is 6.92 Å². The van der Waals surface area contributed by atoms with Crippen molar-refractivity contribution in [2.75, 3.05) is 5.43 Å². The molecule has 0 aliphatic rings. The minimum Gasteiger partial charge on any atom is -0.434 e. The van der Waals surface area contributed by atoms with E-state index in [1.165, 1.54) is 16.8 Å². The summed E-state index contributed by atoms with van der Waals surface area (Å²) in [4.78, 5) is 11.4. The van der Waals surface area contributed by atoms with E-state index in [4.69, 9.17) is 33.8 Å². The molecule has 0 amide bonds. The van der Waals surface area contributed by atoms with Crippen LogP contribution in [0.25, 0.3) is 0 Å². The highest BCUT2D eigenvalue weighted by molar-refractivity contribution is 6.37. The average Bonchev–Trinajstić information content (AvgIpc) is 2.44. The lowest BCUT2D eigenvalue weighted by Crippen LogP contribution is -2.20. The first-order valence-electron chi connectivity index (χ1n) is 5.76. The predicted octanol–water partition coefficient (Wildman–Crippen LogP) is 2.65. The van der Waals surface area contributed by atoms with Gasteiger partial charge in [0.25, 0.3) is 5.56 Å². The summed E-state index contributed by atoms with van der Waals surface area (Å²) in [5, 5.41) is 4.59. The molecule has 20 heavy (non-hydrogen) atoms. The molecule has 3 N–H and O–H groups in total. The Bertz CT molecular complexity index is 664. The van der Waals surface area contributed by atoms with E-state index in [1.54, 1.807) is 19.1 Å². The zero-order chi connectivity index (χ0) is 14.7. The number of nitrogen functional groups attached to an aromatic ring is 1. The number of aryl methyl sites for hydroxylation is 1. The number of nitrogens with two attached hydrogens (primary N) is 1. The molecular formula is C12H12Cl2N4O2. The van der Waals surface area contributed by atoms with E-state index >= 15 is 0 Å². The van der Waals surface area contributed by atoms with Crippen molar-refractivity contribution in [3.05, 3.63) is 44.7 Å².